The maximum absolute atomic E-state index is 13.9. The molecule has 3 rings (SSSR count). The number of amides is 2. The Balaban J connectivity index is 1.88. The van der Waals surface area contributed by atoms with Crippen molar-refractivity contribution in [2.45, 2.75) is 45.7 Å². The van der Waals surface area contributed by atoms with Crippen LogP contribution in [0, 0.1) is 5.92 Å². The molecule has 0 aliphatic carbocycles. The van der Waals surface area contributed by atoms with Crippen LogP contribution in [0.1, 0.15) is 37.8 Å². The first-order chi connectivity index (χ1) is 20.0. The molecule has 0 spiro atoms. The lowest BCUT2D eigenvalue weighted by Crippen LogP contribution is -2.51. The van der Waals surface area contributed by atoms with Crippen LogP contribution in [0.4, 0.5) is 5.69 Å². The molecule has 8 nitrogen and oxygen atoms in total. The number of methoxy groups -OCH3 is 1. The van der Waals surface area contributed by atoms with Gasteiger partial charge in [0.25, 0.3) is 0 Å². The van der Waals surface area contributed by atoms with E-state index in [-0.39, 0.29) is 43.7 Å². The Morgan fingerprint density at radius 1 is 0.952 bits per heavy atom. The first kappa shape index (κ1) is 32.9. The highest BCUT2D eigenvalue weighted by atomic mass is 35.5. The van der Waals surface area contributed by atoms with E-state index in [0.29, 0.717) is 29.4 Å². The van der Waals surface area contributed by atoms with Crippen LogP contribution in [0.2, 0.25) is 5.02 Å². The van der Waals surface area contributed by atoms with Crippen LogP contribution in [0.5, 0.6) is 5.75 Å². The molecule has 3 aromatic rings. The molecular weight excluding hydrogens is 574 g/mol. The lowest BCUT2D eigenvalue weighted by Gasteiger charge is -2.32. The third-order valence-electron chi connectivity index (χ3n) is 6.69. The highest BCUT2D eigenvalue weighted by molar-refractivity contribution is 7.92. The summed E-state index contributed by atoms with van der Waals surface area (Å²) >= 11 is 6.25. The van der Waals surface area contributed by atoms with Crippen molar-refractivity contribution >= 4 is 39.1 Å². The summed E-state index contributed by atoms with van der Waals surface area (Å²) in [6.45, 7) is 4.77. The minimum absolute atomic E-state index is 0.0410. The van der Waals surface area contributed by atoms with Crippen molar-refractivity contribution in [1.82, 2.24) is 10.2 Å². The number of benzene rings is 3. The van der Waals surface area contributed by atoms with Crippen LogP contribution in [0.15, 0.2) is 78.9 Å². The van der Waals surface area contributed by atoms with Gasteiger partial charge in [-0.2, -0.15) is 0 Å². The fourth-order valence-corrected chi connectivity index (χ4v) is 5.75. The molecule has 2 amide bonds. The SMILES string of the molecule is COc1cccc(N(CCCC(=O)N(Cc2cccc(Cl)c2)[C@@H](Cc2ccccc2)C(=O)NCC(C)C)S(C)(=O)=O)c1. The molecule has 0 bridgehead atoms. The zero-order chi connectivity index (χ0) is 30.7. The molecule has 1 N–H and O–H groups in total. The van der Waals surface area contributed by atoms with Crippen molar-refractivity contribution in [1.29, 1.82) is 0 Å². The standard InChI is InChI=1S/C32H40ClN3O5S/c1-24(2)22-34-32(38)30(20-25-11-6-5-7-12-25)35(23-26-13-8-14-27(33)19-26)31(37)17-10-18-36(42(4,39)40)28-15-9-16-29(21-28)41-3/h5-9,11-16,19,21,24,30H,10,17-18,20,22-23H2,1-4H3,(H,34,38)/t30-/m0/s1. The van der Waals surface area contributed by atoms with Crippen molar-refractivity contribution < 1.29 is 22.7 Å². The molecule has 1 atom stereocenters. The number of halogens is 1. The minimum atomic E-state index is -3.63. The predicted molar refractivity (Wildman–Crippen MR) is 168 cm³/mol. The summed E-state index contributed by atoms with van der Waals surface area (Å²) in [5.74, 6) is 0.273. The summed E-state index contributed by atoms with van der Waals surface area (Å²) in [4.78, 5) is 29.1. The minimum Gasteiger partial charge on any atom is -0.497 e. The summed E-state index contributed by atoms with van der Waals surface area (Å²) in [6.07, 6.45) is 1.76. The quantitative estimate of drug-likeness (QED) is 0.251. The summed E-state index contributed by atoms with van der Waals surface area (Å²) in [5, 5.41) is 3.54. The average molecular weight is 614 g/mol. The largest absolute Gasteiger partial charge is 0.497 e. The molecule has 0 radical (unpaired) electrons. The number of nitrogens with one attached hydrogen (secondary N) is 1. The van der Waals surface area contributed by atoms with Gasteiger partial charge in [-0.1, -0.05) is 74.0 Å². The molecule has 0 heterocycles. The molecule has 0 aromatic heterocycles. The molecule has 0 saturated carbocycles. The van der Waals surface area contributed by atoms with E-state index in [9.17, 15) is 18.0 Å². The molecule has 42 heavy (non-hydrogen) atoms. The maximum atomic E-state index is 13.9. The molecule has 0 saturated heterocycles. The molecule has 0 fully saturated rings. The number of hydrogen-bond donors (Lipinski definition) is 1. The summed E-state index contributed by atoms with van der Waals surface area (Å²) in [7, 11) is -2.11. The molecule has 226 valence electrons. The molecule has 0 unspecified atom stereocenters. The van der Waals surface area contributed by atoms with Gasteiger partial charge in [0.1, 0.15) is 11.8 Å². The number of nitrogens with zero attached hydrogens (tertiary/aromatic N) is 2. The molecule has 0 aliphatic rings. The van der Waals surface area contributed by atoms with E-state index < -0.39 is 16.1 Å². The van der Waals surface area contributed by atoms with Crippen molar-refractivity contribution in [3.8, 4) is 5.75 Å². The van der Waals surface area contributed by atoms with Crippen molar-refractivity contribution in [2.75, 3.05) is 30.8 Å². The molecule has 3 aromatic carbocycles. The van der Waals surface area contributed by atoms with Crippen LogP contribution in [-0.4, -0.2) is 57.6 Å². The van der Waals surface area contributed by atoms with Gasteiger partial charge in [0.15, 0.2) is 0 Å². The fraction of sp³-hybridized carbons (Fsp3) is 0.375. The number of rotatable bonds is 15. The number of anilines is 1. The zero-order valence-corrected chi connectivity index (χ0v) is 26.2. The number of sulfonamides is 1. The first-order valence-corrected chi connectivity index (χ1v) is 16.2. The second-order valence-corrected chi connectivity index (χ2v) is 13.0. The Kier molecular flexibility index (Phi) is 12.2. The van der Waals surface area contributed by atoms with Crippen molar-refractivity contribution in [2.24, 2.45) is 5.92 Å². The van der Waals surface area contributed by atoms with Gasteiger partial charge in [-0.25, -0.2) is 8.42 Å². The van der Waals surface area contributed by atoms with Gasteiger partial charge in [0, 0.05) is 43.6 Å². The van der Waals surface area contributed by atoms with E-state index in [2.05, 4.69) is 5.32 Å². The monoisotopic (exact) mass is 613 g/mol. The first-order valence-electron chi connectivity index (χ1n) is 13.9. The topological polar surface area (TPSA) is 96.0 Å². The predicted octanol–water partition coefficient (Wildman–Crippen LogP) is 5.31. The van der Waals surface area contributed by atoms with Gasteiger partial charge in [-0.05, 0) is 47.7 Å². The van der Waals surface area contributed by atoms with Gasteiger partial charge in [0.2, 0.25) is 21.8 Å². The fourth-order valence-electron chi connectivity index (χ4n) is 4.58. The Morgan fingerprint density at radius 3 is 2.29 bits per heavy atom. The molecular formula is C32H40ClN3O5S. The van der Waals surface area contributed by atoms with Crippen LogP contribution in [-0.2, 0) is 32.6 Å². The van der Waals surface area contributed by atoms with Crippen LogP contribution >= 0.6 is 11.6 Å². The van der Waals surface area contributed by atoms with E-state index >= 15 is 0 Å². The lowest BCUT2D eigenvalue weighted by atomic mass is 10.0. The van der Waals surface area contributed by atoms with Gasteiger partial charge < -0.3 is 15.0 Å². The van der Waals surface area contributed by atoms with Gasteiger partial charge in [-0.3, -0.25) is 13.9 Å². The Bertz CT molecular complexity index is 1430. The second kappa shape index (κ2) is 15.6. The third-order valence-corrected chi connectivity index (χ3v) is 8.12. The summed E-state index contributed by atoms with van der Waals surface area (Å²) in [6, 6.07) is 22.8. The van der Waals surface area contributed by atoms with Gasteiger partial charge in [0.05, 0.1) is 19.1 Å². The Labute approximate surface area is 254 Å². The number of carbonyl (C=O) groups is 2. The maximum Gasteiger partial charge on any atom is 0.243 e. The van der Waals surface area contributed by atoms with Crippen LogP contribution in [0.3, 0.4) is 0 Å². The van der Waals surface area contributed by atoms with Crippen LogP contribution in [0.25, 0.3) is 0 Å². The lowest BCUT2D eigenvalue weighted by molar-refractivity contribution is -0.141. The zero-order valence-electron chi connectivity index (χ0n) is 24.6. The highest BCUT2D eigenvalue weighted by Gasteiger charge is 2.30. The van der Waals surface area contributed by atoms with E-state index in [4.69, 9.17) is 16.3 Å². The van der Waals surface area contributed by atoms with Crippen molar-refractivity contribution in [3.05, 3.63) is 95.0 Å². The number of hydrogen-bond acceptors (Lipinski definition) is 5. The van der Waals surface area contributed by atoms with E-state index in [0.717, 1.165) is 17.4 Å². The van der Waals surface area contributed by atoms with Crippen LogP contribution < -0.4 is 14.4 Å². The van der Waals surface area contributed by atoms with Gasteiger partial charge in [-0.15, -0.1) is 0 Å². The van der Waals surface area contributed by atoms with E-state index in [1.54, 1.807) is 41.3 Å². The Hall–Kier alpha value is -3.56. The third kappa shape index (κ3) is 10.1. The molecule has 10 heteroatoms. The van der Waals surface area contributed by atoms with E-state index in [1.807, 2.05) is 56.3 Å². The summed E-state index contributed by atoms with van der Waals surface area (Å²) < 4.78 is 31.9. The van der Waals surface area contributed by atoms with Gasteiger partial charge >= 0.3 is 0 Å². The highest BCUT2D eigenvalue weighted by Crippen LogP contribution is 2.24. The van der Waals surface area contributed by atoms with E-state index in [1.165, 1.54) is 11.4 Å². The molecule has 0 aliphatic heterocycles. The normalized spacial score (nSPS) is 12.0. The number of carbonyl (C=O) groups excluding carboxylic acids is 2. The van der Waals surface area contributed by atoms with Crippen molar-refractivity contribution in [3.63, 3.8) is 0 Å². The summed E-state index contributed by atoms with van der Waals surface area (Å²) in [5.41, 5.74) is 2.17. The Morgan fingerprint density at radius 2 is 1.64 bits per heavy atom. The smallest absolute Gasteiger partial charge is 0.243 e. The average Bonchev–Trinajstić information content (AvgIpc) is 2.95. The second-order valence-electron chi connectivity index (χ2n) is 10.6. The number of ether oxygens (including phenoxy) is 1.